The van der Waals surface area contributed by atoms with Gasteiger partial charge in [-0.1, -0.05) is 23.2 Å². The fourth-order valence-corrected chi connectivity index (χ4v) is 2.79. The molecule has 1 N–H and O–H groups in total. The Balaban J connectivity index is 2.13. The second kappa shape index (κ2) is 7.85. The largest absolute Gasteiger partial charge is 0.480 e. The zero-order valence-electron chi connectivity index (χ0n) is 12.6. The van der Waals surface area contributed by atoms with Crippen LogP contribution in [0.25, 0.3) is 0 Å². The molecule has 2 aromatic rings. The van der Waals surface area contributed by atoms with Gasteiger partial charge in [-0.3, -0.25) is 4.79 Å². The van der Waals surface area contributed by atoms with Gasteiger partial charge >= 0.3 is 6.18 Å². The molecular formula is C16H11BrCl2F3NO2. The number of rotatable bonds is 4. The fraction of sp³-hybridized carbons (Fsp3) is 0.188. The van der Waals surface area contributed by atoms with E-state index in [-0.39, 0.29) is 10.7 Å². The summed E-state index contributed by atoms with van der Waals surface area (Å²) in [6.45, 7) is 1.46. The molecule has 0 spiro atoms. The fourth-order valence-electron chi connectivity index (χ4n) is 1.85. The number of benzene rings is 2. The van der Waals surface area contributed by atoms with E-state index in [1.54, 1.807) is 18.2 Å². The maximum atomic E-state index is 12.8. The van der Waals surface area contributed by atoms with Gasteiger partial charge in [-0.2, -0.15) is 13.2 Å². The number of ether oxygens (including phenoxy) is 1. The van der Waals surface area contributed by atoms with Gasteiger partial charge in [0.05, 0.1) is 20.7 Å². The minimum Gasteiger partial charge on any atom is -0.480 e. The van der Waals surface area contributed by atoms with E-state index >= 15 is 0 Å². The van der Waals surface area contributed by atoms with Crippen molar-refractivity contribution >= 4 is 50.7 Å². The van der Waals surface area contributed by atoms with Gasteiger partial charge < -0.3 is 10.1 Å². The van der Waals surface area contributed by atoms with Crippen molar-refractivity contribution in [3.05, 3.63) is 56.5 Å². The number of anilines is 1. The van der Waals surface area contributed by atoms with Crippen molar-refractivity contribution < 1.29 is 22.7 Å². The van der Waals surface area contributed by atoms with E-state index in [9.17, 15) is 18.0 Å². The molecule has 0 saturated heterocycles. The number of alkyl halides is 3. The predicted molar refractivity (Wildman–Crippen MR) is 94.3 cm³/mol. The molecule has 1 atom stereocenters. The van der Waals surface area contributed by atoms with E-state index in [0.717, 1.165) is 18.2 Å². The molecule has 2 aromatic carbocycles. The van der Waals surface area contributed by atoms with E-state index in [2.05, 4.69) is 21.2 Å². The van der Waals surface area contributed by atoms with E-state index in [1.165, 1.54) is 6.92 Å². The summed E-state index contributed by atoms with van der Waals surface area (Å²) in [7, 11) is 0. The highest BCUT2D eigenvalue weighted by molar-refractivity contribution is 9.10. The Labute approximate surface area is 160 Å². The summed E-state index contributed by atoms with van der Waals surface area (Å²) < 4.78 is 44.3. The number of amides is 1. The molecule has 2 rings (SSSR count). The highest BCUT2D eigenvalue weighted by Gasteiger charge is 2.31. The minimum absolute atomic E-state index is 0.0128. The van der Waals surface area contributed by atoms with Crippen LogP contribution in [0.4, 0.5) is 18.9 Å². The summed E-state index contributed by atoms with van der Waals surface area (Å²) in [5.74, 6) is -0.287. The van der Waals surface area contributed by atoms with Crippen molar-refractivity contribution in [3.8, 4) is 5.75 Å². The number of hydrogen-bond acceptors (Lipinski definition) is 2. The molecule has 0 heterocycles. The van der Waals surface area contributed by atoms with E-state index < -0.39 is 23.8 Å². The lowest BCUT2D eigenvalue weighted by Crippen LogP contribution is -2.30. The van der Waals surface area contributed by atoms with Gasteiger partial charge in [0.25, 0.3) is 5.91 Å². The molecule has 0 aliphatic heterocycles. The smallest absolute Gasteiger partial charge is 0.416 e. The summed E-state index contributed by atoms with van der Waals surface area (Å²) in [4.78, 5) is 12.2. The molecule has 3 nitrogen and oxygen atoms in total. The van der Waals surface area contributed by atoms with Crippen molar-refractivity contribution in [2.24, 2.45) is 0 Å². The molecule has 1 amide bonds. The summed E-state index contributed by atoms with van der Waals surface area (Å²) in [6, 6.07) is 7.41. The number of carbonyl (C=O) groups excluding carboxylic acids is 1. The van der Waals surface area contributed by atoms with Crippen LogP contribution in [0.2, 0.25) is 10.0 Å². The molecule has 1 unspecified atom stereocenters. The van der Waals surface area contributed by atoms with Crippen LogP contribution in [-0.2, 0) is 11.0 Å². The van der Waals surface area contributed by atoms with Crippen LogP contribution in [0, 0.1) is 0 Å². The molecule has 134 valence electrons. The molecular weight excluding hydrogens is 446 g/mol. The zero-order chi connectivity index (χ0) is 18.8. The third kappa shape index (κ3) is 5.26. The highest BCUT2D eigenvalue weighted by Crippen LogP contribution is 2.34. The maximum absolute atomic E-state index is 12.8. The molecule has 0 fully saturated rings. The van der Waals surface area contributed by atoms with Crippen LogP contribution < -0.4 is 10.1 Å². The zero-order valence-corrected chi connectivity index (χ0v) is 15.7. The molecule has 25 heavy (non-hydrogen) atoms. The first kappa shape index (κ1) is 19.9. The summed E-state index contributed by atoms with van der Waals surface area (Å²) >= 11 is 14.9. The topological polar surface area (TPSA) is 38.3 Å². The van der Waals surface area contributed by atoms with Crippen LogP contribution in [0.1, 0.15) is 12.5 Å². The number of carbonyl (C=O) groups is 1. The highest BCUT2D eigenvalue weighted by atomic mass is 79.9. The Morgan fingerprint density at radius 1 is 1.20 bits per heavy atom. The first-order valence-corrected chi connectivity index (χ1v) is 8.42. The molecule has 0 radical (unpaired) electrons. The van der Waals surface area contributed by atoms with Crippen LogP contribution in [0.15, 0.2) is 40.9 Å². The third-order valence-electron chi connectivity index (χ3n) is 3.12. The Bertz CT molecular complexity index is 799. The van der Waals surface area contributed by atoms with Crippen molar-refractivity contribution in [2.45, 2.75) is 19.2 Å². The lowest BCUT2D eigenvalue weighted by molar-refractivity contribution is -0.137. The molecule has 0 bridgehead atoms. The van der Waals surface area contributed by atoms with E-state index in [4.69, 9.17) is 27.9 Å². The summed E-state index contributed by atoms with van der Waals surface area (Å²) in [5, 5.41) is 2.80. The summed E-state index contributed by atoms with van der Waals surface area (Å²) in [5.41, 5.74) is -1.06. The van der Waals surface area contributed by atoms with Gasteiger partial charge in [-0.05, 0) is 59.3 Å². The van der Waals surface area contributed by atoms with Gasteiger partial charge in [0.2, 0.25) is 0 Å². The second-order valence-electron chi connectivity index (χ2n) is 5.02. The van der Waals surface area contributed by atoms with Crippen LogP contribution in [0.5, 0.6) is 5.75 Å². The quantitative estimate of drug-likeness (QED) is 0.596. The second-order valence-corrected chi connectivity index (χ2v) is 6.71. The number of halogens is 6. The molecule has 0 aliphatic carbocycles. The average Bonchev–Trinajstić information content (AvgIpc) is 2.50. The number of nitrogens with one attached hydrogen (secondary N) is 1. The summed E-state index contributed by atoms with van der Waals surface area (Å²) in [6.07, 6.45) is -5.52. The van der Waals surface area contributed by atoms with E-state index in [0.29, 0.717) is 15.2 Å². The predicted octanol–water partition coefficient (Wildman–Crippen LogP) is 6.18. The third-order valence-corrected chi connectivity index (χ3v) is 4.30. The first-order valence-electron chi connectivity index (χ1n) is 6.87. The van der Waals surface area contributed by atoms with Crippen molar-refractivity contribution in [1.82, 2.24) is 0 Å². The Morgan fingerprint density at radius 3 is 2.48 bits per heavy atom. The van der Waals surface area contributed by atoms with Gasteiger partial charge in [-0.25, -0.2) is 0 Å². The molecule has 9 heteroatoms. The van der Waals surface area contributed by atoms with Gasteiger partial charge in [0, 0.05) is 5.02 Å². The van der Waals surface area contributed by atoms with Crippen LogP contribution in [0.3, 0.4) is 0 Å². The van der Waals surface area contributed by atoms with Gasteiger partial charge in [0.1, 0.15) is 5.75 Å². The minimum atomic E-state index is -4.54. The standard InChI is InChI=1S/C16H11BrCl2F3NO2/c1-8(25-14-5-3-10(18)7-11(14)17)15(24)23-13-6-9(16(20,21)22)2-4-12(13)19/h2-8H,1H3,(H,23,24). The average molecular weight is 457 g/mol. The number of hydrogen-bond donors (Lipinski definition) is 1. The SMILES string of the molecule is CC(Oc1ccc(Cl)cc1Br)C(=O)Nc1cc(C(F)(F)F)ccc1Cl. The molecule has 0 aliphatic rings. The molecule has 0 aromatic heterocycles. The monoisotopic (exact) mass is 455 g/mol. The normalized spacial score (nSPS) is 12.6. The van der Waals surface area contributed by atoms with Crippen molar-refractivity contribution in [2.75, 3.05) is 5.32 Å². The molecule has 0 saturated carbocycles. The van der Waals surface area contributed by atoms with Gasteiger partial charge in [-0.15, -0.1) is 0 Å². The van der Waals surface area contributed by atoms with Crippen molar-refractivity contribution in [3.63, 3.8) is 0 Å². The van der Waals surface area contributed by atoms with E-state index in [1.807, 2.05) is 0 Å². The Hall–Kier alpha value is -1.44. The van der Waals surface area contributed by atoms with Crippen molar-refractivity contribution in [1.29, 1.82) is 0 Å². The lowest BCUT2D eigenvalue weighted by atomic mass is 10.2. The van der Waals surface area contributed by atoms with Gasteiger partial charge in [0.15, 0.2) is 6.10 Å². The first-order chi connectivity index (χ1) is 11.6. The lowest BCUT2D eigenvalue weighted by Gasteiger charge is -2.17. The van der Waals surface area contributed by atoms with Crippen LogP contribution >= 0.6 is 39.1 Å². The maximum Gasteiger partial charge on any atom is 0.416 e. The Kier molecular flexibility index (Phi) is 6.24. The Morgan fingerprint density at radius 2 is 1.88 bits per heavy atom. The van der Waals surface area contributed by atoms with Crippen LogP contribution in [-0.4, -0.2) is 12.0 Å².